The van der Waals surface area contributed by atoms with E-state index in [9.17, 15) is 4.79 Å². The Morgan fingerprint density at radius 2 is 2.32 bits per heavy atom. The zero-order valence-electron chi connectivity index (χ0n) is 11.5. The molecule has 0 radical (unpaired) electrons. The van der Waals surface area contributed by atoms with Crippen molar-refractivity contribution in [2.45, 2.75) is 45.6 Å². The third-order valence-electron chi connectivity index (χ3n) is 3.45. The molecule has 2 N–H and O–H groups in total. The van der Waals surface area contributed by atoms with E-state index in [-0.39, 0.29) is 24.4 Å². The molecule has 6 heteroatoms. The number of hydrogen-bond donors (Lipinski definition) is 2. The van der Waals surface area contributed by atoms with Crippen molar-refractivity contribution in [3.05, 3.63) is 17.0 Å². The largest absolute Gasteiger partial charge is 0.361 e. The van der Waals surface area contributed by atoms with Gasteiger partial charge in [0.1, 0.15) is 5.76 Å². The lowest BCUT2D eigenvalue weighted by Gasteiger charge is -2.23. The lowest BCUT2D eigenvalue weighted by molar-refractivity contribution is -0.121. The molecule has 0 spiro atoms. The summed E-state index contributed by atoms with van der Waals surface area (Å²) in [6.07, 6.45) is 3.41. The molecule has 19 heavy (non-hydrogen) atoms. The number of amides is 1. The Kier molecular flexibility index (Phi) is 6.31. The molecule has 0 aliphatic carbocycles. The monoisotopic (exact) mass is 287 g/mol. The molecule has 1 unspecified atom stereocenters. The zero-order valence-corrected chi connectivity index (χ0v) is 12.3. The van der Waals surface area contributed by atoms with Gasteiger partial charge in [0.15, 0.2) is 0 Å². The van der Waals surface area contributed by atoms with Crippen LogP contribution in [0.3, 0.4) is 0 Å². The molecule has 1 atom stereocenters. The van der Waals surface area contributed by atoms with Crippen LogP contribution in [0.1, 0.15) is 36.3 Å². The smallest absolute Gasteiger partial charge is 0.220 e. The molecule has 5 nitrogen and oxygen atoms in total. The van der Waals surface area contributed by atoms with Crippen molar-refractivity contribution in [2.24, 2.45) is 0 Å². The van der Waals surface area contributed by atoms with Crippen molar-refractivity contribution in [3.63, 3.8) is 0 Å². The number of nitrogens with one attached hydrogen (secondary N) is 2. The van der Waals surface area contributed by atoms with Crippen LogP contribution in [-0.4, -0.2) is 30.2 Å². The lowest BCUT2D eigenvalue weighted by Crippen LogP contribution is -2.45. The second-order valence-corrected chi connectivity index (χ2v) is 4.91. The topological polar surface area (TPSA) is 67.2 Å². The van der Waals surface area contributed by atoms with E-state index >= 15 is 0 Å². The Bertz CT molecular complexity index is 395. The van der Waals surface area contributed by atoms with Crippen molar-refractivity contribution in [1.82, 2.24) is 15.8 Å². The van der Waals surface area contributed by atoms with Crippen LogP contribution in [0.2, 0.25) is 0 Å². The highest BCUT2D eigenvalue weighted by Gasteiger charge is 2.16. The quantitative estimate of drug-likeness (QED) is 0.881. The third-order valence-corrected chi connectivity index (χ3v) is 3.45. The van der Waals surface area contributed by atoms with Gasteiger partial charge in [-0.3, -0.25) is 4.79 Å². The van der Waals surface area contributed by atoms with Gasteiger partial charge >= 0.3 is 0 Å². The van der Waals surface area contributed by atoms with Gasteiger partial charge in [0.25, 0.3) is 0 Å². The van der Waals surface area contributed by atoms with Crippen LogP contribution < -0.4 is 10.6 Å². The molecule has 0 saturated carbocycles. The normalized spacial score (nSPS) is 18.7. The summed E-state index contributed by atoms with van der Waals surface area (Å²) in [7, 11) is 0. The molecule has 1 amide bonds. The lowest BCUT2D eigenvalue weighted by atomic mass is 10.1. The third kappa shape index (κ3) is 4.51. The van der Waals surface area contributed by atoms with Crippen molar-refractivity contribution in [1.29, 1.82) is 0 Å². The van der Waals surface area contributed by atoms with Crippen LogP contribution in [0.25, 0.3) is 0 Å². The van der Waals surface area contributed by atoms with Crippen LogP contribution >= 0.6 is 12.4 Å². The van der Waals surface area contributed by atoms with Crippen LogP contribution in [0, 0.1) is 13.8 Å². The number of rotatable bonds is 4. The molecule has 0 aromatic carbocycles. The van der Waals surface area contributed by atoms with Gasteiger partial charge in [0, 0.05) is 24.6 Å². The van der Waals surface area contributed by atoms with Crippen LogP contribution in [0.4, 0.5) is 0 Å². The highest BCUT2D eigenvalue weighted by Crippen LogP contribution is 2.14. The first-order chi connectivity index (χ1) is 8.66. The van der Waals surface area contributed by atoms with Crippen molar-refractivity contribution >= 4 is 18.3 Å². The fourth-order valence-electron chi connectivity index (χ4n) is 2.37. The molecule has 2 rings (SSSR count). The van der Waals surface area contributed by atoms with Crippen molar-refractivity contribution in [2.75, 3.05) is 13.1 Å². The molecule has 1 fully saturated rings. The average Bonchev–Trinajstić information content (AvgIpc) is 2.68. The van der Waals surface area contributed by atoms with Crippen molar-refractivity contribution in [3.8, 4) is 0 Å². The van der Waals surface area contributed by atoms with E-state index in [1.165, 1.54) is 0 Å². The highest BCUT2D eigenvalue weighted by molar-refractivity contribution is 5.85. The second kappa shape index (κ2) is 7.50. The molecule has 1 aliphatic heterocycles. The Morgan fingerprint density at radius 1 is 1.53 bits per heavy atom. The summed E-state index contributed by atoms with van der Waals surface area (Å²) in [6.45, 7) is 5.75. The summed E-state index contributed by atoms with van der Waals surface area (Å²) in [6, 6.07) is 0.288. The maximum Gasteiger partial charge on any atom is 0.220 e. The van der Waals surface area contributed by atoms with Gasteiger partial charge in [0.05, 0.1) is 5.69 Å². The molecule has 1 saturated heterocycles. The van der Waals surface area contributed by atoms with Gasteiger partial charge in [-0.25, -0.2) is 0 Å². The highest BCUT2D eigenvalue weighted by atomic mass is 35.5. The molecular weight excluding hydrogens is 266 g/mol. The van der Waals surface area contributed by atoms with Crippen molar-refractivity contribution < 1.29 is 9.32 Å². The van der Waals surface area contributed by atoms with Crippen LogP contribution in [0.5, 0.6) is 0 Å². The van der Waals surface area contributed by atoms with E-state index in [1.807, 2.05) is 13.8 Å². The first-order valence-corrected chi connectivity index (χ1v) is 6.58. The number of aromatic nitrogens is 1. The minimum absolute atomic E-state index is 0. The molecule has 108 valence electrons. The molecule has 2 heterocycles. The van der Waals surface area contributed by atoms with Gasteiger partial charge in [-0.05, 0) is 39.7 Å². The maximum atomic E-state index is 11.8. The average molecular weight is 288 g/mol. The molecule has 1 aromatic heterocycles. The predicted molar refractivity (Wildman–Crippen MR) is 75.6 cm³/mol. The first-order valence-electron chi connectivity index (χ1n) is 6.58. The standard InChI is InChI=1S/C13H21N3O2.ClH/c1-9-12(10(2)18-16-9)5-6-13(17)15-11-4-3-7-14-8-11;/h11,14H,3-8H2,1-2H3,(H,15,17);1H. The van der Waals surface area contributed by atoms with E-state index in [0.29, 0.717) is 12.8 Å². The van der Waals surface area contributed by atoms with E-state index in [1.54, 1.807) is 0 Å². The van der Waals surface area contributed by atoms with Gasteiger partial charge in [0.2, 0.25) is 5.91 Å². The molecule has 1 aromatic rings. The Morgan fingerprint density at radius 3 is 2.89 bits per heavy atom. The molecule has 0 bridgehead atoms. The summed E-state index contributed by atoms with van der Waals surface area (Å²) in [5, 5.41) is 10.2. The van der Waals surface area contributed by atoms with Gasteiger partial charge in [-0.2, -0.15) is 0 Å². The minimum atomic E-state index is 0. The summed E-state index contributed by atoms with van der Waals surface area (Å²) in [4.78, 5) is 11.8. The summed E-state index contributed by atoms with van der Waals surface area (Å²) >= 11 is 0. The fourth-order valence-corrected chi connectivity index (χ4v) is 2.37. The number of hydrogen-bond acceptors (Lipinski definition) is 4. The fraction of sp³-hybridized carbons (Fsp3) is 0.692. The van der Waals surface area contributed by atoms with Gasteiger partial charge in [-0.15, -0.1) is 12.4 Å². The number of nitrogens with zero attached hydrogens (tertiary/aromatic N) is 1. The van der Waals surface area contributed by atoms with Gasteiger partial charge < -0.3 is 15.2 Å². The number of halogens is 1. The number of aryl methyl sites for hydroxylation is 2. The predicted octanol–water partition coefficient (Wildman–Crippen LogP) is 1.51. The minimum Gasteiger partial charge on any atom is -0.361 e. The van der Waals surface area contributed by atoms with E-state index in [0.717, 1.165) is 42.9 Å². The number of carbonyl (C=O) groups is 1. The maximum absolute atomic E-state index is 11.8. The molecule has 1 aliphatic rings. The van der Waals surface area contributed by atoms with E-state index in [2.05, 4.69) is 15.8 Å². The second-order valence-electron chi connectivity index (χ2n) is 4.91. The Labute approximate surface area is 119 Å². The number of carbonyl (C=O) groups excluding carboxylic acids is 1. The van der Waals surface area contributed by atoms with E-state index in [4.69, 9.17) is 4.52 Å². The van der Waals surface area contributed by atoms with Crippen LogP contribution in [-0.2, 0) is 11.2 Å². The zero-order chi connectivity index (χ0) is 13.0. The van der Waals surface area contributed by atoms with Gasteiger partial charge in [-0.1, -0.05) is 5.16 Å². The summed E-state index contributed by atoms with van der Waals surface area (Å²) < 4.78 is 5.09. The Hall–Kier alpha value is -1.07. The summed E-state index contributed by atoms with van der Waals surface area (Å²) in [5.41, 5.74) is 1.95. The SMILES string of the molecule is Cc1noc(C)c1CCC(=O)NC1CCCNC1.Cl. The first kappa shape index (κ1) is 16.0. The van der Waals surface area contributed by atoms with Crippen LogP contribution in [0.15, 0.2) is 4.52 Å². The number of piperidine rings is 1. The van der Waals surface area contributed by atoms with E-state index < -0.39 is 0 Å². The summed E-state index contributed by atoms with van der Waals surface area (Å²) in [5.74, 6) is 0.934. The molecular formula is C13H22ClN3O2. The Balaban J connectivity index is 0.00000180.